The van der Waals surface area contributed by atoms with Crippen LogP contribution in [0.15, 0.2) is 79.5 Å². The molecule has 0 spiro atoms. The van der Waals surface area contributed by atoms with Crippen molar-refractivity contribution in [2.24, 2.45) is 0 Å². The van der Waals surface area contributed by atoms with Crippen LogP contribution in [0.3, 0.4) is 0 Å². The molecule has 1 aromatic heterocycles. The molecule has 206 valence electrons. The van der Waals surface area contributed by atoms with E-state index < -0.39 is 0 Å². The number of piperazine rings is 1. The summed E-state index contributed by atoms with van der Waals surface area (Å²) in [6.45, 7) is 9.11. The Labute approximate surface area is 234 Å². The summed E-state index contributed by atoms with van der Waals surface area (Å²) in [7, 11) is 1.74. The molecule has 0 bridgehead atoms. The molecule has 1 aliphatic rings. The molecule has 4 aromatic rings. The maximum absolute atomic E-state index is 11.8. The van der Waals surface area contributed by atoms with E-state index in [1.165, 1.54) is 11.8 Å². The molecule has 0 saturated carbocycles. The van der Waals surface area contributed by atoms with Gasteiger partial charge in [-0.15, -0.1) is 0 Å². The van der Waals surface area contributed by atoms with Gasteiger partial charge >= 0.3 is 0 Å². The van der Waals surface area contributed by atoms with Crippen molar-refractivity contribution in [3.8, 4) is 11.1 Å². The number of nitrogens with zero attached hydrogens (tertiary/aromatic N) is 4. The molecule has 40 heavy (non-hydrogen) atoms. The van der Waals surface area contributed by atoms with Gasteiger partial charge in [-0.3, -0.25) is 9.69 Å². The number of amides is 1. The van der Waals surface area contributed by atoms with E-state index in [0.717, 1.165) is 67.1 Å². The highest BCUT2D eigenvalue weighted by Gasteiger charge is 2.17. The molecule has 9 heteroatoms. The van der Waals surface area contributed by atoms with E-state index in [4.69, 9.17) is 9.72 Å². The molecule has 0 aliphatic carbocycles. The number of fused-ring (bicyclic) bond motifs is 1. The summed E-state index contributed by atoms with van der Waals surface area (Å²) in [6, 6.07) is 19.5. The summed E-state index contributed by atoms with van der Waals surface area (Å²) in [6.07, 6.45) is 3.00. The van der Waals surface area contributed by atoms with Crippen LogP contribution in [0.5, 0.6) is 0 Å². The van der Waals surface area contributed by atoms with Gasteiger partial charge in [-0.25, -0.2) is 9.97 Å². The van der Waals surface area contributed by atoms with Gasteiger partial charge in [0.2, 0.25) is 11.9 Å². The van der Waals surface area contributed by atoms with Crippen LogP contribution in [0, 0.1) is 0 Å². The second-order valence-corrected chi connectivity index (χ2v) is 9.66. The van der Waals surface area contributed by atoms with Crippen LogP contribution in [0.1, 0.15) is 5.56 Å². The summed E-state index contributed by atoms with van der Waals surface area (Å²) in [4.78, 5) is 26.0. The number of methoxy groups -OCH3 is 1. The Balaban J connectivity index is 1.37. The van der Waals surface area contributed by atoms with Crippen LogP contribution in [0.2, 0.25) is 0 Å². The molecular formula is C31H34N6O3. The van der Waals surface area contributed by atoms with Gasteiger partial charge in [0.15, 0.2) is 0 Å². The average Bonchev–Trinajstić information content (AvgIpc) is 3.00. The van der Waals surface area contributed by atoms with E-state index in [9.17, 15) is 9.90 Å². The highest BCUT2D eigenvalue weighted by atomic mass is 16.5. The number of anilines is 4. The minimum atomic E-state index is -0.290. The van der Waals surface area contributed by atoms with Crippen molar-refractivity contribution >= 4 is 39.8 Å². The molecule has 2 heterocycles. The zero-order chi connectivity index (χ0) is 27.9. The van der Waals surface area contributed by atoms with Gasteiger partial charge in [-0.05, 0) is 53.6 Å². The Kier molecular flexibility index (Phi) is 8.65. The average molecular weight is 539 g/mol. The van der Waals surface area contributed by atoms with E-state index in [1.807, 2.05) is 48.5 Å². The fourth-order valence-electron chi connectivity index (χ4n) is 4.93. The van der Waals surface area contributed by atoms with Gasteiger partial charge in [0.05, 0.1) is 18.7 Å². The Bertz CT molecular complexity index is 1480. The van der Waals surface area contributed by atoms with Crippen LogP contribution in [0.4, 0.5) is 23.0 Å². The maximum Gasteiger partial charge on any atom is 0.247 e. The van der Waals surface area contributed by atoms with Crippen LogP contribution in [-0.2, 0) is 16.1 Å². The lowest BCUT2D eigenvalue weighted by molar-refractivity contribution is -0.111. The van der Waals surface area contributed by atoms with Crippen molar-refractivity contribution in [3.05, 3.63) is 85.1 Å². The van der Waals surface area contributed by atoms with E-state index in [2.05, 4.69) is 44.1 Å². The quantitative estimate of drug-likeness (QED) is 0.255. The Morgan fingerprint density at radius 2 is 1.88 bits per heavy atom. The zero-order valence-electron chi connectivity index (χ0n) is 22.6. The number of aliphatic hydroxyl groups is 1. The number of rotatable bonds is 10. The fraction of sp³-hybridized carbons (Fsp3) is 0.258. The monoisotopic (exact) mass is 538 g/mol. The van der Waals surface area contributed by atoms with Gasteiger partial charge in [0.25, 0.3) is 0 Å². The minimum absolute atomic E-state index is 0.149. The summed E-state index contributed by atoms with van der Waals surface area (Å²) < 4.78 is 5.20. The largest absolute Gasteiger partial charge is 0.392 e. The fourth-order valence-corrected chi connectivity index (χ4v) is 4.93. The number of aliphatic hydroxyl groups excluding tert-OH is 1. The van der Waals surface area contributed by atoms with Crippen molar-refractivity contribution in [3.63, 3.8) is 0 Å². The third kappa shape index (κ3) is 6.28. The van der Waals surface area contributed by atoms with Crippen LogP contribution < -0.4 is 15.5 Å². The smallest absolute Gasteiger partial charge is 0.247 e. The standard InChI is InChI=1S/C31H34N6O3/c1-3-28(39)33-26-6-4-5-22(19-26)29-24(21-38)8-7-23-20-32-31(35-30(23)29)34-25-9-11-27(12-10-25)37-15-13-36(14-16-37)17-18-40-2/h3-12,19-20,38H,1,13-18,21H2,2H3,(H,33,39)(H,32,34,35). The second-order valence-electron chi connectivity index (χ2n) is 9.66. The molecule has 3 N–H and O–H groups in total. The maximum atomic E-state index is 11.8. The van der Waals surface area contributed by atoms with Crippen molar-refractivity contribution in [2.75, 3.05) is 62.0 Å². The number of carbonyl (C=O) groups is 1. The first-order valence-electron chi connectivity index (χ1n) is 13.3. The van der Waals surface area contributed by atoms with E-state index in [1.54, 1.807) is 13.3 Å². The summed E-state index contributed by atoms with van der Waals surface area (Å²) in [5.41, 5.74) is 5.76. The molecule has 1 saturated heterocycles. The Morgan fingerprint density at radius 3 is 2.60 bits per heavy atom. The number of carbonyl (C=O) groups excluding carboxylic acids is 1. The van der Waals surface area contributed by atoms with Gasteiger partial charge in [-0.2, -0.15) is 0 Å². The molecule has 1 fully saturated rings. The molecular weight excluding hydrogens is 504 g/mol. The van der Waals surface area contributed by atoms with Crippen LogP contribution in [0.25, 0.3) is 22.0 Å². The third-order valence-corrected chi connectivity index (χ3v) is 7.09. The van der Waals surface area contributed by atoms with Crippen molar-refractivity contribution in [2.45, 2.75) is 6.61 Å². The lowest BCUT2D eigenvalue weighted by Crippen LogP contribution is -2.47. The van der Waals surface area contributed by atoms with E-state index in [-0.39, 0.29) is 12.5 Å². The molecule has 1 amide bonds. The summed E-state index contributed by atoms with van der Waals surface area (Å²) in [5.74, 6) is 0.168. The molecule has 1 aliphatic heterocycles. The van der Waals surface area contributed by atoms with Crippen molar-refractivity contribution in [1.29, 1.82) is 0 Å². The molecule has 0 unspecified atom stereocenters. The van der Waals surface area contributed by atoms with Crippen LogP contribution in [-0.4, -0.2) is 72.3 Å². The minimum Gasteiger partial charge on any atom is -0.392 e. The lowest BCUT2D eigenvalue weighted by Gasteiger charge is -2.36. The number of hydrogen-bond acceptors (Lipinski definition) is 8. The predicted octanol–water partition coefficient (Wildman–Crippen LogP) is 4.43. The first-order chi connectivity index (χ1) is 19.6. The second kappa shape index (κ2) is 12.7. The molecule has 5 rings (SSSR count). The predicted molar refractivity (Wildman–Crippen MR) is 160 cm³/mol. The molecule has 0 atom stereocenters. The SMILES string of the molecule is C=CC(=O)Nc1cccc(-c2c(CO)ccc3cnc(Nc4ccc(N5CCN(CCOC)CC5)cc4)nc23)c1. The number of aromatic nitrogens is 2. The molecule has 0 radical (unpaired) electrons. The van der Waals surface area contributed by atoms with Crippen molar-refractivity contribution in [1.82, 2.24) is 14.9 Å². The number of nitrogens with one attached hydrogen (secondary N) is 2. The first kappa shape index (κ1) is 27.3. The third-order valence-electron chi connectivity index (χ3n) is 7.09. The van der Waals surface area contributed by atoms with Gasteiger partial charge in [0.1, 0.15) is 0 Å². The van der Waals surface area contributed by atoms with Crippen LogP contribution >= 0.6 is 0 Å². The number of hydrogen-bond donors (Lipinski definition) is 3. The van der Waals surface area contributed by atoms with E-state index in [0.29, 0.717) is 17.2 Å². The van der Waals surface area contributed by atoms with Gasteiger partial charge in [0, 0.05) is 74.0 Å². The molecule has 3 aromatic carbocycles. The molecule has 9 nitrogen and oxygen atoms in total. The Morgan fingerprint density at radius 1 is 1.07 bits per heavy atom. The number of ether oxygens (including phenoxy) is 1. The summed E-state index contributed by atoms with van der Waals surface area (Å²) in [5, 5.41) is 17.1. The van der Waals surface area contributed by atoms with Crippen molar-refractivity contribution < 1.29 is 14.6 Å². The Hall–Kier alpha value is -4.31. The van der Waals surface area contributed by atoms with Gasteiger partial charge in [-0.1, -0.05) is 30.8 Å². The highest BCUT2D eigenvalue weighted by Crippen LogP contribution is 2.33. The topological polar surface area (TPSA) is 103 Å². The highest BCUT2D eigenvalue weighted by molar-refractivity contribution is 6.00. The lowest BCUT2D eigenvalue weighted by atomic mass is 9.96. The zero-order valence-corrected chi connectivity index (χ0v) is 22.6. The first-order valence-corrected chi connectivity index (χ1v) is 13.3. The number of benzene rings is 3. The summed E-state index contributed by atoms with van der Waals surface area (Å²) >= 11 is 0. The van der Waals surface area contributed by atoms with Gasteiger partial charge < -0.3 is 25.4 Å². The van der Waals surface area contributed by atoms with E-state index >= 15 is 0 Å². The normalized spacial score (nSPS) is 13.8.